The van der Waals surface area contributed by atoms with Crippen molar-refractivity contribution in [3.05, 3.63) is 0 Å². The van der Waals surface area contributed by atoms with Gasteiger partial charge in [0.2, 0.25) is 5.91 Å². The van der Waals surface area contributed by atoms with Gasteiger partial charge >= 0.3 is 6.03 Å². The highest BCUT2D eigenvalue weighted by Crippen LogP contribution is 2.16. The number of carbonyl (C=O) groups is 2. The minimum Gasteiger partial charge on any atom is -0.334 e. The van der Waals surface area contributed by atoms with Gasteiger partial charge in [-0.1, -0.05) is 45.4 Å². The number of nitrogens with one attached hydrogen (secondary N) is 3. The summed E-state index contributed by atoms with van der Waals surface area (Å²) in [7, 11) is 0. The summed E-state index contributed by atoms with van der Waals surface area (Å²) in [6.07, 6.45) is 10.4. The van der Waals surface area contributed by atoms with Crippen molar-refractivity contribution < 1.29 is 9.59 Å². The molecule has 1 fully saturated rings. The normalized spacial score (nSPS) is 15.8. The van der Waals surface area contributed by atoms with Crippen molar-refractivity contribution in [2.75, 3.05) is 0 Å². The van der Waals surface area contributed by atoms with Crippen LogP contribution in [0.5, 0.6) is 0 Å². The Balaban J connectivity index is 2.03. The topological polar surface area (TPSA) is 70.2 Å². The first-order chi connectivity index (χ1) is 9.22. The average Bonchev–Trinajstić information content (AvgIpc) is 2.42. The average molecular weight is 269 g/mol. The van der Waals surface area contributed by atoms with Gasteiger partial charge in [-0.25, -0.2) is 10.2 Å². The molecule has 5 heteroatoms. The molecule has 3 N–H and O–H groups in total. The van der Waals surface area contributed by atoms with Gasteiger partial charge in [0, 0.05) is 12.5 Å². The minimum absolute atomic E-state index is 0.116. The maximum absolute atomic E-state index is 11.6. The molecule has 0 atom stereocenters. The van der Waals surface area contributed by atoms with Crippen molar-refractivity contribution in [1.29, 1.82) is 0 Å². The van der Waals surface area contributed by atoms with E-state index in [0.717, 1.165) is 38.5 Å². The maximum atomic E-state index is 11.6. The Bertz CT molecular complexity index is 276. The summed E-state index contributed by atoms with van der Waals surface area (Å²) in [6, 6.07) is -0.0379. The predicted molar refractivity (Wildman–Crippen MR) is 75.4 cm³/mol. The lowest BCUT2D eigenvalue weighted by atomic mass is 9.96. The highest BCUT2D eigenvalue weighted by atomic mass is 16.2. The second kappa shape index (κ2) is 9.64. The number of amides is 3. The fraction of sp³-hybridized carbons (Fsp3) is 0.857. The molecule has 0 radical (unpaired) electrons. The third kappa shape index (κ3) is 7.70. The fourth-order valence-electron chi connectivity index (χ4n) is 2.37. The van der Waals surface area contributed by atoms with Crippen molar-refractivity contribution in [3.8, 4) is 0 Å². The molecule has 0 spiro atoms. The predicted octanol–water partition coefficient (Wildman–Crippen LogP) is 2.62. The fourth-order valence-corrected chi connectivity index (χ4v) is 2.37. The Hall–Kier alpha value is -1.26. The first-order valence-corrected chi connectivity index (χ1v) is 7.57. The number of hydrogen-bond donors (Lipinski definition) is 3. The van der Waals surface area contributed by atoms with E-state index in [1.807, 2.05) is 0 Å². The van der Waals surface area contributed by atoms with E-state index in [0.29, 0.717) is 6.42 Å². The van der Waals surface area contributed by atoms with E-state index in [-0.39, 0.29) is 18.0 Å². The van der Waals surface area contributed by atoms with Crippen LogP contribution in [0.15, 0.2) is 0 Å². The zero-order valence-electron chi connectivity index (χ0n) is 12.0. The summed E-state index contributed by atoms with van der Waals surface area (Å²) in [5.41, 5.74) is 4.87. The zero-order chi connectivity index (χ0) is 13.9. The van der Waals surface area contributed by atoms with Crippen LogP contribution in [0.2, 0.25) is 0 Å². The molecular weight excluding hydrogens is 242 g/mol. The van der Waals surface area contributed by atoms with Crippen LogP contribution in [0.4, 0.5) is 4.79 Å². The number of unbranched alkanes of at least 4 members (excludes halogenated alkanes) is 3. The van der Waals surface area contributed by atoms with Gasteiger partial charge in [-0.3, -0.25) is 10.2 Å². The Morgan fingerprint density at radius 2 is 1.74 bits per heavy atom. The molecule has 3 amide bonds. The van der Waals surface area contributed by atoms with Crippen molar-refractivity contribution in [3.63, 3.8) is 0 Å². The van der Waals surface area contributed by atoms with E-state index in [1.54, 1.807) is 0 Å². The van der Waals surface area contributed by atoms with Crippen LogP contribution in [0.3, 0.4) is 0 Å². The summed E-state index contributed by atoms with van der Waals surface area (Å²) in [5, 5.41) is 2.89. The molecule has 0 unspecified atom stereocenters. The molecular formula is C14H27N3O2. The Morgan fingerprint density at radius 3 is 2.42 bits per heavy atom. The molecule has 1 aliphatic rings. The van der Waals surface area contributed by atoms with Gasteiger partial charge < -0.3 is 5.32 Å². The van der Waals surface area contributed by atoms with Gasteiger partial charge in [0.25, 0.3) is 0 Å². The molecule has 0 aromatic rings. The molecule has 1 saturated carbocycles. The van der Waals surface area contributed by atoms with Crippen LogP contribution in [-0.4, -0.2) is 18.0 Å². The van der Waals surface area contributed by atoms with E-state index in [2.05, 4.69) is 23.1 Å². The maximum Gasteiger partial charge on any atom is 0.333 e. The third-order valence-corrected chi connectivity index (χ3v) is 3.51. The highest BCUT2D eigenvalue weighted by molar-refractivity contribution is 5.81. The monoisotopic (exact) mass is 269 g/mol. The van der Waals surface area contributed by atoms with Crippen LogP contribution in [-0.2, 0) is 4.79 Å². The smallest absolute Gasteiger partial charge is 0.333 e. The molecule has 1 rings (SSSR count). The number of hydrazine groups is 1. The van der Waals surface area contributed by atoms with E-state index in [9.17, 15) is 9.59 Å². The first kappa shape index (κ1) is 15.8. The molecule has 1 aliphatic carbocycles. The lowest BCUT2D eigenvalue weighted by molar-refractivity contribution is -0.121. The van der Waals surface area contributed by atoms with Crippen LogP contribution >= 0.6 is 0 Å². The SMILES string of the molecule is CCCCCCC(=O)NNC(=O)NC1CCCCC1. The molecule has 5 nitrogen and oxygen atoms in total. The molecule has 0 bridgehead atoms. The standard InChI is InChI=1S/C14H27N3O2/c1-2-3-4-8-11-13(18)16-17-14(19)15-12-9-6-5-7-10-12/h12H,2-11H2,1H3,(H,16,18)(H2,15,17,19). The molecule has 110 valence electrons. The van der Waals surface area contributed by atoms with Crippen molar-refractivity contribution in [1.82, 2.24) is 16.2 Å². The molecule has 19 heavy (non-hydrogen) atoms. The third-order valence-electron chi connectivity index (χ3n) is 3.51. The van der Waals surface area contributed by atoms with Gasteiger partial charge in [0.15, 0.2) is 0 Å². The van der Waals surface area contributed by atoms with Crippen LogP contribution in [0, 0.1) is 0 Å². The number of carbonyl (C=O) groups excluding carboxylic acids is 2. The van der Waals surface area contributed by atoms with E-state index >= 15 is 0 Å². The second-order valence-corrected chi connectivity index (χ2v) is 5.29. The lowest BCUT2D eigenvalue weighted by Gasteiger charge is -2.22. The summed E-state index contributed by atoms with van der Waals surface area (Å²) < 4.78 is 0. The summed E-state index contributed by atoms with van der Waals surface area (Å²) in [6.45, 7) is 2.14. The van der Waals surface area contributed by atoms with Gasteiger partial charge in [-0.15, -0.1) is 0 Å². The van der Waals surface area contributed by atoms with Crippen LogP contribution in [0.25, 0.3) is 0 Å². The number of rotatable bonds is 6. The minimum atomic E-state index is -0.297. The van der Waals surface area contributed by atoms with E-state index < -0.39 is 0 Å². The Labute approximate surface area is 115 Å². The molecule has 0 aliphatic heterocycles. The molecule has 0 saturated heterocycles. The van der Waals surface area contributed by atoms with Gasteiger partial charge in [0.1, 0.15) is 0 Å². The molecule has 0 aromatic carbocycles. The summed E-state index contributed by atoms with van der Waals surface area (Å²) in [5.74, 6) is -0.116. The van der Waals surface area contributed by atoms with Gasteiger partial charge in [-0.2, -0.15) is 0 Å². The largest absolute Gasteiger partial charge is 0.334 e. The summed E-state index contributed by atoms with van der Waals surface area (Å²) >= 11 is 0. The second-order valence-electron chi connectivity index (χ2n) is 5.29. The summed E-state index contributed by atoms with van der Waals surface area (Å²) in [4.78, 5) is 23.0. The number of hydrogen-bond acceptors (Lipinski definition) is 2. The van der Waals surface area contributed by atoms with Gasteiger partial charge in [-0.05, 0) is 19.3 Å². The first-order valence-electron chi connectivity index (χ1n) is 7.57. The zero-order valence-corrected chi connectivity index (χ0v) is 12.0. The highest BCUT2D eigenvalue weighted by Gasteiger charge is 2.15. The lowest BCUT2D eigenvalue weighted by Crippen LogP contribution is -2.50. The van der Waals surface area contributed by atoms with Crippen molar-refractivity contribution in [2.24, 2.45) is 0 Å². The van der Waals surface area contributed by atoms with Gasteiger partial charge in [0.05, 0.1) is 0 Å². The van der Waals surface area contributed by atoms with E-state index in [1.165, 1.54) is 19.3 Å². The Morgan fingerprint density at radius 1 is 1.00 bits per heavy atom. The molecule has 0 heterocycles. The van der Waals surface area contributed by atoms with Crippen molar-refractivity contribution >= 4 is 11.9 Å². The number of urea groups is 1. The van der Waals surface area contributed by atoms with Crippen molar-refractivity contribution in [2.45, 2.75) is 77.2 Å². The van der Waals surface area contributed by atoms with Crippen LogP contribution in [0.1, 0.15) is 71.1 Å². The molecule has 0 aromatic heterocycles. The Kier molecular flexibility index (Phi) is 8.02. The van der Waals surface area contributed by atoms with Crippen LogP contribution < -0.4 is 16.2 Å². The van der Waals surface area contributed by atoms with E-state index in [4.69, 9.17) is 0 Å². The quantitative estimate of drug-likeness (QED) is 0.512.